The van der Waals surface area contributed by atoms with Gasteiger partial charge in [-0.05, 0) is 43.7 Å². The van der Waals surface area contributed by atoms with Gasteiger partial charge in [0.2, 0.25) is 0 Å². The molecule has 0 saturated carbocycles. The summed E-state index contributed by atoms with van der Waals surface area (Å²) >= 11 is 0. The van der Waals surface area contributed by atoms with Gasteiger partial charge in [0.25, 0.3) is 0 Å². The highest BCUT2D eigenvalue weighted by Gasteiger charge is 2.11. The molecule has 0 bridgehead atoms. The van der Waals surface area contributed by atoms with Crippen LogP contribution in [0, 0.1) is 18.3 Å². The molecule has 7 heteroatoms. The first-order valence-corrected chi connectivity index (χ1v) is 8.82. The predicted molar refractivity (Wildman–Crippen MR) is 109 cm³/mol. The molecule has 2 aromatic rings. The largest absolute Gasteiger partial charge is 0.490 e. The summed E-state index contributed by atoms with van der Waals surface area (Å²) in [7, 11) is 1.58. The second-order valence-electron chi connectivity index (χ2n) is 5.80. The van der Waals surface area contributed by atoms with Crippen LogP contribution in [0.2, 0.25) is 0 Å². The fraction of sp³-hybridized carbons (Fsp3) is 0.286. The molecule has 7 nitrogen and oxygen atoms in total. The Hall–Kier alpha value is -3.37. The van der Waals surface area contributed by atoms with Gasteiger partial charge in [0, 0.05) is 18.4 Å². The third kappa shape index (κ3) is 5.56. The lowest BCUT2D eigenvalue weighted by Crippen LogP contribution is -2.03. The molecule has 0 spiro atoms. The van der Waals surface area contributed by atoms with Crippen molar-refractivity contribution in [1.82, 2.24) is 4.98 Å². The van der Waals surface area contributed by atoms with Crippen LogP contribution in [0.25, 0.3) is 0 Å². The number of pyridine rings is 1. The summed E-state index contributed by atoms with van der Waals surface area (Å²) in [6.07, 6.45) is 3.30. The number of hydrazone groups is 1. The van der Waals surface area contributed by atoms with Crippen LogP contribution >= 0.6 is 0 Å². The van der Waals surface area contributed by atoms with E-state index in [1.54, 1.807) is 19.4 Å². The number of rotatable bonds is 10. The molecular weight excluding hydrogens is 356 g/mol. The Bertz CT molecular complexity index is 888. The minimum Gasteiger partial charge on any atom is -0.490 e. The van der Waals surface area contributed by atoms with Crippen molar-refractivity contribution in [2.24, 2.45) is 5.10 Å². The fourth-order valence-electron chi connectivity index (χ4n) is 2.53. The van der Waals surface area contributed by atoms with E-state index in [0.29, 0.717) is 42.7 Å². The van der Waals surface area contributed by atoms with E-state index in [-0.39, 0.29) is 0 Å². The van der Waals surface area contributed by atoms with Crippen LogP contribution in [0.1, 0.15) is 29.3 Å². The molecule has 0 amide bonds. The molecule has 0 saturated heterocycles. The van der Waals surface area contributed by atoms with Gasteiger partial charge in [-0.25, -0.2) is 4.98 Å². The zero-order chi connectivity index (χ0) is 20.4. The summed E-state index contributed by atoms with van der Waals surface area (Å²) in [5.74, 6) is 1.66. The first-order chi connectivity index (χ1) is 13.6. The number of anilines is 1. The SMILES string of the molecule is C=CCOc1ccc(/C=N\Nc2nc(C)cc(COC)c2C#N)cc1OCC. The van der Waals surface area contributed by atoms with Gasteiger partial charge < -0.3 is 14.2 Å². The average Bonchev–Trinajstić information content (AvgIpc) is 2.68. The van der Waals surface area contributed by atoms with Gasteiger partial charge in [0.05, 0.1) is 19.4 Å². The molecule has 1 aromatic carbocycles. The molecular formula is C21H24N4O3. The van der Waals surface area contributed by atoms with E-state index < -0.39 is 0 Å². The molecule has 28 heavy (non-hydrogen) atoms. The van der Waals surface area contributed by atoms with Gasteiger partial charge in [-0.15, -0.1) is 0 Å². The number of hydrogen-bond acceptors (Lipinski definition) is 7. The Kier molecular flexibility index (Phi) is 8.00. The Morgan fingerprint density at radius 3 is 2.79 bits per heavy atom. The lowest BCUT2D eigenvalue weighted by molar-refractivity contribution is 0.184. The lowest BCUT2D eigenvalue weighted by atomic mass is 10.1. The number of ether oxygens (including phenoxy) is 3. The van der Waals surface area contributed by atoms with Crippen molar-refractivity contribution in [3.05, 3.63) is 59.3 Å². The molecule has 1 heterocycles. The molecule has 0 unspecified atom stereocenters. The fourth-order valence-corrected chi connectivity index (χ4v) is 2.53. The van der Waals surface area contributed by atoms with Crippen molar-refractivity contribution < 1.29 is 14.2 Å². The summed E-state index contributed by atoms with van der Waals surface area (Å²) in [6.45, 7) is 8.65. The molecule has 0 aliphatic heterocycles. The summed E-state index contributed by atoms with van der Waals surface area (Å²) in [5, 5.41) is 13.7. The van der Waals surface area contributed by atoms with Gasteiger partial charge in [0.15, 0.2) is 17.3 Å². The van der Waals surface area contributed by atoms with E-state index in [1.165, 1.54) is 0 Å². The standard InChI is InChI=1S/C21H24N4O3/c1-5-9-28-19-8-7-16(11-20(19)27-6-2)13-23-25-21-18(12-22)17(14-26-4)10-15(3)24-21/h5,7-8,10-11,13H,1,6,9,14H2,2-4H3,(H,24,25)/b23-13-. The van der Waals surface area contributed by atoms with Crippen molar-refractivity contribution in [3.63, 3.8) is 0 Å². The normalized spacial score (nSPS) is 10.5. The zero-order valence-electron chi connectivity index (χ0n) is 16.4. The predicted octanol–water partition coefficient (Wildman–Crippen LogP) is 3.82. The van der Waals surface area contributed by atoms with Crippen LogP contribution < -0.4 is 14.9 Å². The van der Waals surface area contributed by atoms with Crippen molar-refractivity contribution in [1.29, 1.82) is 5.26 Å². The van der Waals surface area contributed by atoms with Gasteiger partial charge in [-0.1, -0.05) is 12.7 Å². The molecule has 0 radical (unpaired) electrons. The molecule has 1 aromatic heterocycles. The van der Waals surface area contributed by atoms with Crippen LogP contribution in [-0.2, 0) is 11.3 Å². The smallest absolute Gasteiger partial charge is 0.164 e. The van der Waals surface area contributed by atoms with Crippen molar-refractivity contribution >= 4 is 12.0 Å². The summed E-state index contributed by atoms with van der Waals surface area (Å²) in [5.41, 5.74) is 5.60. The second kappa shape index (κ2) is 10.7. The Morgan fingerprint density at radius 1 is 1.29 bits per heavy atom. The summed E-state index contributed by atoms with van der Waals surface area (Å²) < 4.78 is 16.4. The maximum absolute atomic E-state index is 9.46. The quantitative estimate of drug-likeness (QED) is 0.383. The highest BCUT2D eigenvalue weighted by molar-refractivity contribution is 5.81. The van der Waals surface area contributed by atoms with Crippen LogP contribution in [0.4, 0.5) is 5.82 Å². The molecule has 0 aliphatic carbocycles. The number of nitrogens with zero attached hydrogens (tertiary/aromatic N) is 3. The van der Waals surface area contributed by atoms with E-state index >= 15 is 0 Å². The highest BCUT2D eigenvalue weighted by atomic mass is 16.5. The number of aromatic nitrogens is 1. The minimum absolute atomic E-state index is 0.328. The average molecular weight is 380 g/mol. The van der Waals surface area contributed by atoms with E-state index in [9.17, 15) is 5.26 Å². The van der Waals surface area contributed by atoms with Crippen molar-refractivity contribution in [2.75, 3.05) is 25.7 Å². The minimum atomic E-state index is 0.328. The van der Waals surface area contributed by atoms with Gasteiger partial charge >= 0.3 is 0 Å². The van der Waals surface area contributed by atoms with E-state index in [1.807, 2.05) is 38.1 Å². The maximum atomic E-state index is 9.46. The van der Waals surface area contributed by atoms with Crippen molar-refractivity contribution in [2.45, 2.75) is 20.5 Å². The van der Waals surface area contributed by atoms with Crippen LogP contribution in [0.15, 0.2) is 42.0 Å². The number of nitriles is 1. The lowest BCUT2D eigenvalue weighted by Gasteiger charge is -2.11. The van der Waals surface area contributed by atoms with Crippen molar-refractivity contribution in [3.8, 4) is 17.6 Å². The van der Waals surface area contributed by atoms with Gasteiger partial charge in [-0.3, -0.25) is 5.43 Å². The number of aryl methyl sites for hydroxylation is 1. The molecule has 1 N–H and O–H groups in total. The van der Waals surface area contributed by atoms with Crippen LogP contribution in [0.5, 0.6) is 11.5 Å². The molecule has 0 atom stereocenters. The van der Waals surface area contributed by atoms with Crippen LogP contribution in [0.3, 0.4) is 0 Å². The topological polar surface area (TPSA) is 88.8 Å². The molecule has 0 aliphatic rings. The number of hydrogen-bond donors (Lipinski definition) is 1. The van der Waals surface area contributed by atoms with E-state index in [0.717, 1.165) is 16.8 Å². The van der Waals surface area contributed by atoms with Gasteiger partial charge in [0.1, 0.15) is 18.2 Å². The Labute approximate surface area is 165 Å². The first kappa shape index (κ1) is 20.9. The molecule has 0 fully saturated rings. The number of methoxy groups -OCH3 is 1. The maximum Gasteiger partial charge on any atom is 0.164 e. The molecule has 2 rings (SSSR count). The number of nitrogens with one attached hydrogen (secondary N) is 1. The summed E-state index contributed by atoms with van der Waals surface area (Å²) in [6, 6.07) is 9.49. The van der Waals surface area contributed by atoms with Gasteiger partial charge in [-0.2, -0.15) is 10.4 Å². The third-order valence-electron chi connectivity index (χ3n) is 3.65. The van der Waals surface area contributed by atoms with E-state index in [2.05, 4.69) is 28.2 Å². The summed E-state index contributed by atoms with van der Waals surface area (Å²) in [4.78, 5) is 4.36. The Morgan fingerprint density at radius 2 is 2.11 bits per heavy atom. The first-order valence-electron chi connectivity index (χ1n) is 8.82. The Balaban J connectivity index is 2.22. The van der Waals surface area contributed by atoms with E-state index in [4.69, 9.17) is 14.2 Å². The third-order valence-corrected chi connectivity index (χ3v) is 3.65. The number of benzene rings is 1. The highest BCUT2D eigenvalue weighted by Crippen LogP contribution is 2.28. The molecule has 146 valence electrons. The van der Waals surface area contributed by atoms with Crippen LogP contribution in [-0.4, -0.2) is 31.5 Å². The zero-order valence-corrected chi connectivity index (χ0v) is 16.4. The monoisotopic (exact) mass is 380 g/mol. The second-order valence-corrected chi connectivity index (χ2v) is 5.80.